The molecule has 2 rings (SSSR count). The molecule has 0 atom stereocenters. The zero-order valence-corrected chi connectivity index (χ0v) is 7.44. The molecule has 0 saturated heterocycles. The molecule has 2 heterocycles. The highest BCUT2D eigenvalue weighted by Crippen LogP contribution is 2.08. The van der Waals surface area contributed by atoms with Crippen molar-refractivity contribution in [2.24, 2.45) is 0 Å². The Hall–Kier alpha value is -1.55. The number of nitrogens with one attached hydrogen (secondary N) is 1. The van der Waals surface area contributed by atoms with Crippen LogP contribution in [0.25, 0.3) is 0 Å². The summed E-state index contributed by atoms with van der Waals surface area (Å²) in [6, 6.07) is 5.48. The fourth-order valence-electron chi connectivity index (χ4n) is 0.936. The molecular weight excluding hydrogens is 188 g/mol. The number of anilines is 1. The van der Waals surface area contributed by atoms with Crippen molar-refractivity contribution in [3.8, 4) is 0 Å². The van der Waals surface area contributed by atoms with Gasteiger partial charge in [-0.05, 0) is 12.1 Å². The third-order valence-electron chi connectivity index (χ3n) is 1.48. The minimum Gasteiger partial charge on any atom is -0.278 e. The Labute approximate surface area is 80.2 Å². The van der Waals surface area contributed by atoms with Crippen molar-refractivity contribution in [2.45, 2.75) is 0 Å². The lowest BCUT2D eigenvalue weighted by Gasteiger charge is -2.05. The first-order chi connectivity index (χ1) is 6.34. The van der Waals surface area contributed by atoms with Gasteiger partial charge in [-0.3, -0.25) is 10.1 Å². The van der Waals surface area contributed by atoms with Gasteiger partial charge in [0, 0.05) is 18.5 Å². The van der Waals surface area contributed by atoms with E-state index in [0.29, 0.717) is 11.0 Å². The predicted octanol–water partition coefficient (Wildman–Crippen LogP) is 1.81. The normalized spacial score (nSPS) is 9.92. The largest absolute Gasteiger partial charge is 0.278 e. The van der Waals surface area contributed by atoms with Crippen molar-refractivity contribution >= 4 is 17.4 Å². The van der Waals surface area contributed by atoms with E-state index in [1.54, 1.807) is 10.7 Å². The van der Waals surface area contributed by atoms with Gasteiger partial charge >= 0.3 is 0 Å². The molecule has 13 heavy (non-hydrogen) atoms. The van der Waals surface area contributed by atoms with E-state index in [2.05, 4.69) is 15.4 Å². The molecule has 0 aliphatic carbocycles. The van der Waals surface area contributed by atoms with Gasteiger partial charge in [0.15, 0.2) is 0 Å². The second-order valence-corrected chi connectivity index (χ2v) is 2.82. The molecule has 66 valence electrons. The van der Waals surface area contributed by atoms with Gasteiger partial charge < -0.3 is 0 Å². The minimum atomic E-state index is 0.421. The van der Waals surface area contributed by atoms with Gasteiger partial charge in [0.1, 0.15) is 17.3 Å². The number of nitrogens with zero attached hydrogens (tertiary/aromatic N) is 3. The number of rotatable bonds is 2. The van der Waals surface area contributed by atoms with Crippen molar-refractivity contribution in [3.05, 3.63) is 42.1 Å². The van der Waals surface area contributed by atoms with Crippen LogP contribution in [-0.4, -0.2) is 14.6 Å². The van der Waals surface area contributed by atoms with E-state index < -0.39 is 0 Å². The second kappa shape index (κ2) is 3.45. The average Bonchev–Trinajstić information content (AvgIpc) is 2.57. The van der Waals surface area contributed by atoms with Gasteiger partial charge in [0.25, 0.3) is 0 Å². The van der Waals surface area contributed by atoms with Crippen LogP contribution in [-0.2, 0) is 0 Å². The van der Waals surface area contributed by atoms with E-state index in [1.165, 1.54) is 6.33 Å². The quantitative estimate of drug-likeness (QED) is 0.742. The summed E-state index contributed by atoms with van der Waals surface area (Å²) in [6.07, 6.45) is 5.15. The molecule has 0 fully saturated rings. The van der Waals surface area contributed by atoms with Crippen LogP contribution in [0.2, 0.25) is 5.15 Å². The lowest BCUT2D eigenvalue weighted by atomic mass is 10.6. The zero-order valence-electron chi connectivity index (χ0n) is 6.68. The van der Waals surface area contributed by atoms with Crippen molar-refractivity contribution in [1.29, 1.82) is 0 Å². The fourth-order valence-corrected chi connectivity index (χ4v) is 1.08. The maximum atomic E-state index is 5.68. The van der Waals surface area contributed by atoms with Crippen molar-refractivity contribution in [2.75, 3.05) is 5.43 Å². The summed E-state index contributed by atoms with van der Waals surface area (Å²) in [7, 11) is 0. The molecule has 0 amide bonds. The maximum absolute atomic E-state index is 5.68. The third-order valence-corrected chi connectivity index (χ3v) is 1.69. The minimum absolute atomic E-state index is 0.421. The summed E-state index contributed by atoms with van der Waals surface area (Å²) in [5.41, 5.74) is 3.01. The van der Waals surface area contributed by atoms with Crippen LogP contribution < -0.4 is 5.43 Å². The molecule has 0 aliphatic heterocycles. The third kappa shape index (κ3) is 1.97. The lowest BCUT2D eigenvalue weighted by molar-refractivity contribution is 0.946. The maximum Gasteiger partial charge on any atom is 0.149 e. The van der Waals surface area contributed by atoms with Crippen LogP contribution in [0, 0.1) is 0 Å². The van der Waals surface area contributed by atoms with Gasteiger partial charge in [0.2, 0.25) is 0 Å². The van der Waals surface area contributed by atoms with Gasteiger partial charge in [-0.15, -0.1) is 0 Å². The summed E-state index contributed by atoms with van der Waals surface area (Å²) in [5.74, 6) is 0.663. The highest BCUT2D eigenvalue weighted by atomic mass is 35.5. The first-order valence-corrected chi connectivity index (χ1v) is 4.10. The van der Waals surface area contributed by atoms with Crippen LogP contribution in [0.1, 0.15) is 0 Å². The first kappa shape index (κ1) is 8.07. The van der Waals surface area contributed by atoms with Crippen LogP contribution in [0.5, 0.6) is 0 Å². The molecule has 0 radical (unpaired) electrons. The van der Waals surface area contributed by atoms with E-state index in [0.717, 1.165) is 0 Å². The first-order valence-electron chi connectivity index (χ1n) is 3.72. The van der Waals surface area contributed by atoms with E-state index in [9.17, 15) is 0 Å². The van der Waals surface area contributed by atoms with Crippen molar-refractivity contribution in [1.82, 2.24) is 14.6 Å². The molecule has 0 bridgehead atoms. The molecule has 4 nitrogen and oxygen atoms in total. The predicted molar refractivity (Wildman–Crippen MR) is 50.5 cm³/mol. The SMILES string of the molecule is Clc1cc(Nn2cccc2)ncn1. The highest BCUT2D eigenvalue weighted by Gasteiger charge is 1.94. The molecule has 2 aromatic heterocycles. The Kier molecular flexibility index (Phi) is 2.14. The summed E-state index contributed by atoms with van der Waals surface area (Å²) in [6.45, 7) is 0. The molecule has 0 saturated carbocycles. The smallest absolute Gasteiger partial charge is 0.149 e. The molecular formula is C8H7ClN4. The van der Waals surface area contributed by atoms with Gasteiger partial charge in [-0.1, -0.05) is 11.6 Å². The Balaban J connectivity index is 2.19. The summed E-state index contributed by atoms with van der Waals surface area (Å²) >= 11 is 5.68. The second-order valence-electron chi connectivity index (χ2n) is 2.43. The van der Waals surface area contributed by atoms with E-state index in [-0.39, 0.29) is 0 Å². The summed E-state index contributed by atoms with van der Waals surface area (Å²) in [5, 5.41) is 0.421. The number of hydrogen-bond donors (Lipinski definition) is 1. The van der Waals surface area contributed by atoms with Crippen molar-refractivity contribution < 1.29 is 0 Å². The number of aromatic nitrogens is 3. The molecule has 0 spiro atoms. The van der Waals surface area contributed by atoms with E-state index >= 15 is 0 Å². The highest BCUT2D eigenvalue weighted by molar-refractivity contribution is 6.29. The standard InChI is InChI=1S/C8H7ClN4/c9-7-5-8(11-6-10-7)12-13-3-1-2-4-13/h1-6H,(H,10,11,12). The molecule has 0 unspecified atom stereocenters. The van der Waals surface area contributed by atoms with E-state index in [1.807, 2.05) is 24.5 Å². The number of hydrogen-bond acceptors (Lipinski definition) is 3. The molecule has 1 N–H and O–H groups in total. The van der Waals surface area contributed by atoms with Gasteiger partial charge in [-0.25, -0.2) is 9.97 Å². The van der Waals surface area contributed by atoms with Crippen LogP contribution in [0.15, 0.2) is 36.9 Å². The van der Waals surface area contributed by atoms with E-state index in [4.69, 9.17) is 11.6 Å². The molecule has 0 aliphatic rings. The average molecular weight is 195 g/mol. The van der Waals surface area contributed by atoms with Crippen LogP contribution in [0.4, 0.5) is 5.82 Å². The van der Waals surface area contributed by atoms with Crippen LogP contribution >= 0.6 is 11.6 Å². The fraction of sp³-hybridized carbons (Fsp3) is 0. The molecule has 0 aromatic carbocycles. The zero-order chi connectivity index (χ0) is 9.10. The number of halogens is 1. The van der Waals surface area contributed by atoms with Crippen molar-refractivity contribution in [3.63, 3.8) is 0 Å². The topological polar surface area (TPSA) is 42.7 Å². The Morgan fingerprint density at radius 1 is 1.23 bits per heavy atom. The Morgan fingerprint density at radius 2 is 2.00 bits per heavy atom. The van der Waals surface area contributed by atoms with Gasteiger partial charge in [-0.2, -0.15) is 0 Å². The lowest BCUT2D eigenvalue weighted by Crippen LogP contribution is -2.07. The molecule has 5 heteroatoms. The summed E-state index contributed by atoms with van der Waals surface area (Å²) in [4.78, 5) is 7.76. The Bertz CT molecular complexity index is 385. The Morgan fingerprint density at radius 3 is 2.69 bits per heavy atom. The summed E-state index contributed by atoms with van der Waals surface area (Å²) < 4.78 is 1.78. The molecule has 2 aromatic rings. The van der Waals surface area contributed by atoms with Gasteiger partial charge in [0.05, 0.1) is 0 Å². The van der Waals surface area contributed by atoms with Crippen LogP contribution in [0.3, 0.4) is 0 Å². The monoisotopic (exact) mass is 194 g/mol.